The molecular weight excluding hydrogens is 226 g/mol. The Kier molecular flexibility index (Phi) is 4.49. The van der Waals surface area contributed by atoms with E-state index in [0.29, 0.717) is 6.54 Å². The first-order chi connectivity index (χ1) is 7.50. The summed E-state index contributed by atoms with van der Waals surface area (Å²) in [4.78, 5) is 10.7. The Morgan fingerprint density at radius 1 is 1.56 bits per heavy atom. The molecule has 0 saturated carbocycles. The first-order valence-corrected chi connectivity index (χ1v) is 6.52. The van der Waals surface area contributed by atoms with Crippen molar-refractivity contribution in [1.29, 1.82) is 0 Å². The van der Waals surface area contributed by atoms with E-state index in [0.717, 1.165) is 5.69 Å². The lowest BCUT2D eigenvalue weighted by atomic mass is 10.2. The number of carbonyl (C=O) groups is 1. The summed E-state index contributed by atoms with van der Waals surface area (Å²) in [5, 5.41) is 11.9. The Labute approximate surface area is 97.1 Å². The predicted molar refractivity (Wildman–Crippen MR) is 65.4 cm³/mol. The summed E-state index contributed by atoms with van der Waals surface area (Å²) in [5.74, 6) is -0.948. The molecule has 0 aliphatic carbocycles. The molecule has 2 N–H and O–H groups in total. The number of rotatable bonds is 5. The van der Waals surface area contributed by atoms with Gasteiger partial charge in [0.1, 0.15) is 0 Å². The molecule has 0 spiro atoms. The predicted octanol–water partition coefficient (Wildman–Crippen LogP) is 1.56. The Bertz CT molecular complexity index is 406. The Hall–Kier alpha value is -1.36. The highest BCUT2D eigenvalue weighted by Gasteiger charge is 2.07. The minimum Gasteiger partial charge on any atom is -0.478 e. The van der Waals surface area contributed by atoms with Crippen molar-refractivity contribution in [2.45, 2.75) is 12.2 Å². The molecule has 0 radical (unpaired) electrons. The Morgan fingerprint density at radius 3 is 2.81 bits per heavy atom. The molecule has 2 unspecified atom stereocenters. The molecule has 1 rings (SSSR count). The fourth-order valence-electron chi connectivity index (χ4n) is 1.14. The lowest BCUT2D eigenvalue weighted by Crippen LogP contribution is -2.20. The van der Waals surface area contributed by atoms with Crippen LogP contribution in [0.15, 0.2) is 24.3 Å². The number of carboxylic acid groups (broad SMARTS) is 1. The molecule has 0 saturated heterocycles. The molecule has 0 aliphatic rings. The third-order valence-electron chi connectivity index (χ3n) is 2.27. The summed E-state index contributed by atoms with van der Waals surface area (Å²) in [6.07, 6.45) is 1.65. The second kappa shape index (κ2) is 5.65. The monoisotopic (exact) mass is 241 g/mol. The highest BCUT2D eigenvalue weighted by Crippen LogP contribution is 2.10. The molecule has 0 aliphatic heterocycles. The van der Waals surface area contributed by atoms with Crippen LogP contribution in [0.2, 0.25) is 0 Å². The lowest BCUT2D eigenvalue weighted by molar-refractivity contribution is 0.0697. The third-order valence-corrected chi connectivity index (χ3v) is 3.57. The number of nitrogens with one attached hydrogen (secondary N) is 1. The second-order valence-corrected chi connectivity index (χ2v) is 5.38. The average molecular weight is 241 g/mol. The van der Waals surface area contributed by atoms with Crippen molar-refractivity contribution in [2.24, 2.45) is 0 Å². The van der Waals surface area contributed by atoms with Crippen molar-refractivity contribution in [3.8, 4) is 0 Å². The summed E-state index contributed by atoms with van der Waals surface area (Å²) >= 11 is 0. The van der Waals surface area contributed by atoms with Gasteiger partial charge in [0, 0.05) is 34.5 Å². The summed E-state index contributed by atoms with van der Waals surface area (Å²) in [6, 6.07) is 6.57. The van der Waals surface area contributed by atoms with Gasteiger partial charge in [0.2, 0.25) is 0 Å². The maximum atomic E-state index is 11.1. The largest absolute Gasteiger partial charge is 0.478 e. The van der Waals surface area contributed by atoms with Crippen LogP contribution in [0, 0.1) is 0 Å². The van der Waals surface area contributed by atoms with Gasteiger partial charge in [-0.15, -0.1) is 0 Å². The van der Waals surface area contributed by atoms with Gasteiger partial charge in [0.25, 0.3) is 0 Å². The minimum atomic E-state index is -0.948. The normalized spacial score (nSPS) is 14.1. The molecule has 4 nitrogen and oxygen atoms in total. The van der Waals surface area contributed by atoms with E-state index in [2.05, 4.69) is 5.32 Å². The van der Waals surface area contributed by atoms with Crippen LogP contribution in [-0.2, 0) is 10.8 Å². The van der Waals surface area contributed by atoms with Gasteiger partial charge < -0.3 is 10.4 Å². The SMILES string of the molecule is CC(CNc1cccc(C(=O)O)c1)S(C)=O. The van der Waals surface area contributed by atoms with Crippen LogP contribution >= 0.6 is 0 Å². The molecule has 2 atom stereocenters. The third kappa shape index (κ3) is 3.66. The number of carboxylic acids is 1. The van der Waals surface area contributed by atoms with Gasteiger partial charge >= 0.3 is 5.97 Å². The van der Waals surface area contributed by atoms with Gasteiger partial charge in [-0.1, -0.05) is 6.07 Å². The van der Waals surface area contributed by atoms with Crippen molar-refractivity contribution in [2.75, 3.05) is 18.1 Å². The van der Waals surface area contributed by atoms with Gasteiger partial charge in [-0.2, -0.15) is 0 Å². The van der Waals surface area contributed by atoms with E-state index in [-0.39, 0.29) is 10.8 Å². The smallest absolute Gasteiger partial charge is 0.335 e. The number of benzene rings is 1. The van der Waals surface area contributed by atoms with E-state index in [1.807, 2.05) is 6.92 Å². The van der Waals surface area contributed by atoms with E-state index >= 15 is 0 Å². The molecule has 1 aromatic carbocycles. The zero-order valence-corrected chi connectivity index (χ0v) is 10.1. The molecule has 16 heavy (non-hydrogen) atoms. The van der Waals surface area contributed by atoms with Crippen molar-refractivity contribution in [1.82, 2.24) is 0 Å². The average Bonchev–Trinajstić information content (AvgIpc) is 2.26. The van der Waals surface area contributed by atoms with E-state index in [1.54, 1.807) is 24.5 Å². The van der Waals surface area contributed by atoms with Crippen molar-refractivity contribution >= 4 is 22.5 Å². The van der Waals surface area contributed by atoms with Crippen LogP contribution in [-0.4, -0.2) is 33.3 Å². The van der Waals surface area contributed by atoms with Crippen molar-refractivity contribution in [3.05, 3.63) is 29.8 Å². The van der Waals surface area contributed by atoms with Crippen LogP contribution in [0.5, 0.6) is 0 Å². The molecule has 0 heterocycles. The first-order valence-electron chi connectivity index (χ1n) is 4.90. The van der Waals surface area contributed by atoms with E-state index in [4.69, 9.17) is 5.11 Å². The van der Waals surface area contributed by atoms with Gasteiger partial charge in [0.15, 0.2) is 0 Å². The van der Waals surface area contributed by atoms with Crippen molar-refractivity contribution < 1.29 is 14.1 Å². The zero-order chi connectivity index (χ0) is 12.1. The topological polar surface area (TPSA) is 66.4 Å². The summed E-state index contributed by atoms with van der Waals surface area (Å²) in [5.41, 5.74) is 0.979. The Morgan fingerprint density at radius 2 is 2.25 bits per heavy atom. The number of hydrogen-bond acceptors (Lipinski definition) is 3. The van der Waals surface area contributed by atoms with E-state index < -0.39 is 16.8 Å². The van der Waals surface area contributed by atoms with Gasteiger partial charge in [-0.3, -0.25) is 4.21 Å². The second-order valence-electron chi connectivity index (χ2n) is 3.58. The molecule has 0 aromatic heterocycles. The highest BCUT2D eigenvalue weighted by atomic mass is 32.2. The van der Waals surface area contributed by atoms with Gasteiger partial charge in [-0.25, -0.2) is 4.79 Å². The molecule has 5 heteroatoms. The summed E-state index contributed by atoms with van der Waals surface area (Å²) in [7, 11) is -0.877. The minimum absolute atomic E-state index is 0.0356. The standard InChI is InChI=1S/C11H15NO3S/c1-8(16(2)15)7-12-10-5-3-4-9(6-10)11(13)14/h3-6,8,12H,7H2,1-2H3,(H,13,14). The number of anilines is 1. The summed E-state index contributed by atoms with van der Waals surface area (Å²) < 4.78 is 11.1. The molecule has 0 bridgehead atoms. The number of aromatic carboxylic acids is 1. The van der Waals surface area contributed by atoms with Crippen LogP contribution in [0.4, 0.5) is 5.69 Å². The Balaban J connectivity index is 2.64. The maximum Gasteiger partial charge on any atom is 0.335 e. The van der Waals surface area contributed by atoms with Gasteiger partial charge in [0.05, 0.1) is 5.56 Å². The fourth-order valence-corrected chi connectivity index (χ4v) is 1.46. The summed E-state index contributed by atoms with van der Waals surface area (Å²) in [6.45, 7) is 2.44. The zero-order valence-electron chi connectivity index (χ0n) is 9.27. The van der Waals surface area contributed by atoms with E-state index in [1.165, 1.54) is 6.07 Å². The number of hydrogen-bond donors (Lipinski definition) is 2. The van der Waals surface area contributed by atoms with Crippen LogP contribution in [0.3, 0.4) is 0 Å². The van der Waals surface area contributed by atoms with E-state index in [9.17, 15) is 9.00 Å². The first kappa shape index (κ1) is 12.7. The molecular formula is C11H15NO3S. The molecule has 0 fully saturated rings. The van der Waals surface area contributed by atoms with Crippen LogP contribution < -0.4 is 5.32 Å². The molecule has 0 amide bonds. The quantitative estimate of drug-likeness (QED) is 0.821. The highest BCUT2D eigenvalue weighted by molar-refractivity contribution is 7.84. The van der Waals surface area contributed by atoms with Crippen molar-refractivity contribution in [3.63, 3.8) is 0 Å². The fraction of sp³-hybridized carbons (Fsp3) is 0.364. The van der Waals surface area contributed by atoms with Crippen LogP contribution in [0.25, 0.3) is 0 Å². The lowest BCUT2D eigenvalue weighted by Gasteiger charge is -2.11. The molecule has 88 valence electrons. The molecule has 1 aromatic rings. The maximum absolute atomic E-state index is 11.1. The van der Waals surface area contributed by atoms with Crippen LogP contribution in [0.1, 0.15) is 17.3 Å². The van der Waals surface area contributed by atoms with Gasteiger partial charge in [-0.05, 0) is 25.1 Å².